The molecule has 0 saturated heterocycles. The molecule has 0 aliphatic carbocycles. The van der Waals surface area contributed by atoms with Gasteiger partial charge in [-0.15, -0.1) is 0 Å². The van der Waals surface area contributed by atoms with Crippen molar-refractivity contribution in [3.63, 3.8) is 0 Å². The van der Waals surface area contributed by atoms with Crippen molar-refractivity contribution in [2.24, 2.45) is 4.99 Å². The van der Waals surface area contributed by atoms with E-state index in [1.54, 1.807) is 24.3 Å². The minimum absolute atomic E-state index is 0.0692. The van der Waals surface area contributed by atoms with Crippen LogP contribution in [0.25, 0.3) is 0 Å². The molecule has 0 fully saturated rings. The third-order valence-electron chi connectivity index (χ3n) is 2.42. The fourth-order valence-corrected chi connectivity index (χ4v) is 1.44. The Morgan fingerprint density at radius 2 is 2.00 bits per heavy atom. The van der Waals surface area contributed by atoms with Crippen LogP contribution in [0.3, 0.4) is 0 Å². The molecule has 0 amide bonds. The molecule has 1 N–H and O–H groups in total. The molecule has 0 aromatic heterocycles. The summed E-state index contributed by atoms with van der Waals surface area (Å²) in [7, 11) is 4.15. The maximum absolute atomic E-state index is 11.6. The fourth-order valence-electron chi connectivity index (χ4n) is 1.44. The molecule has 0 unspecified atom stereocenters. The highest BCUT2D eigenvalue weighted by molar-refractivity contribution is 6.10. The van der Waals surface area contributed by atoms with Crippen molar-refractivity contribution in [1.82, 2.24) is 0 Å². The first-order valence-corrected chi connectivity index (χ1v) is 5.80. The van der Waals surface area contributed by atoms with Gasteiger partial charge in [-0.1, -0.05) is 12.1 Å². The molecule has 20 heavy (non-hydrogen) atoms. The summed E-state index contributed by atoms with van der Waals surface area (Å²) in [4.78, 5) is 15.7. The van der Waals surface area contributed by atoms with Crippen molar-refractivity contribution in [3.8, 4) is 5.75 Å². The average molecular weight is 279 g/mol. The van der Waals surface area contributed by atoms with Gasteiger partial charge >= 0.3 is 5.97 Å². The van der Waals surface area contributed by atoms with Gasteiger partial charge in [0.25, 0.3) is 0 Å². The Bertz CT molecular complexity index is 522. The molecule has 0 spiro atoms. The fraction of sp³-hybridized carbons (Fsp3) is 0.286. The summed E-state index contributed by atoms with van der Waals surface area (Å²) in [5, 5.41) is 9.75. The van der Waals surface area contributed by atoms with Crippen molar-refractivity contribution < 1.29 is 24.1 Å². The molecule has 1 rings (SSSR count). The number of methoxy groups -OCH3 is 3. The van der Waals surface area contributed by atoms with Gasteiger partial charge in [-0.05, 0) is 12.1 Å². The second-order valence-electron chi connectivity index (χ2n) is 3.72. The Morgan fingerprint density at radius 3 is 2.60 bits per heavy atom. The number of benzene rings is 1. The molecule has 6 heteroatoms. The average Bonchev–Trinajstić information content (AvgIpc) is 2.47. The van der Waals surface area contributed by atoms with Crippen molar-refractivity contribution in [1.29, 1.82) is 0 Å². The van der Waals surface area contributed by atoms with E-state index in [9.17, 15) is 9.90 Å². The van der Waals surface area contributed by atoms with Crippen molar-refractivity contribution in [2.45, 2.75) is 0 Å². The lowest BCUT2D eigenvalue weighted by Crippen LogP contribution is -2.11. The largest absolute Gasteiger partial charge is 0.509 e. The maximum Gasteiger partial charge on any atom is 0.342 e. The molecule has 0 saturated carbocycles. The third-order valence-corrected chi connectivity index (χ3v) is 2.42. The first-order valence-electron chi connectivity index (χ1n) is 5.80. The summed E-state index contributed by atoms with van der Waals surface area (Å²) in [6.07, 6.45) is 1.22. The molecule has 0 atom stereocenters. The van der Waals surface area contributed by atoms with E-state index in [4.69, 9.17) is 9.47 Å². The molecule has 0 aliphatic heterocycles. The number of aliphatic hydroxyl groups excluding tert-OH is 1. The first kappa shape index (κ1) is 15.7. The maximum atomic E-state index is 11.6. The molecule has 1 aromatic carbocycles. The highest BCUT2D eigenvalue weighted by Gasteiger charge is 2.14. The number of aliphatic hydroxyl groups is 1. The molecule has 0 radical (unpaired) electrons. The Hall–Kier alpha value is -2.34. The summed E-state index contributed by atoms with van der Waals surface area (Å²) in [5.41, 5.74) is 0.460. The van der Waals surface area contributed by atoms with E-state index in [1.807, 2.05) is 0 Å². The number of carbonyl (C=O) groups excluding carboxylic acids is 1. The molecular formula is C14H17NO5. The van der Waals surface area contributed by atoms with Crippen molar-refractivity contribution in [3.05, 3.63) is 35.6 Å². The second kappa shape index (κ2) is 7.96. The number of para-hydroxylation sites is 2. The zero-order valence-corrected chi connectivity index (χ0v) is 11.6. The predicted molar refractivity (Wildman–Crippen MR) is 74.7 cm³/mol. The first-order chi connectivity index (χ1) is 9.63. The van der Waals surface area contributed by atoms with Crippen LogP contribution >= 0.6 is 0 Å². The molecule has 6 nitrogen and oxygen atoms in total. The van der Waals surface area contributed by atoms with Gasteiger partial charge in [0.2, 0.25) is 0 Å². The van der Waals surface area contributed by atoms with E-state index in [0.29, 0.717) is 11.4 Å². The number of esters is 1. The van der Waals surface area contributed by atoms with E-state index < -0.39 is 5.97 Å². The Labute approximate surface area is 117 Å². The van der Waals surface area contributed by atoms with Gasteiger partial charge in [0, 0.05) is 13.3 Å². The zero-order valence-electron chi connectivity index (χ0n) is 11.6. The van der Waals surface area contributed by atoms with Crippen LogP contribution in [0.5, 0.6) is 5.75 Å². The minimum Gasteiger partial charge on any atom is -0.509 e. The standard InChI is InChI=1S/C14H17NO5/c1-18-9-12(16)10(14(17)20-3)8-15-11-6-4-5-7-13(11)19-2/h4-8,16H,9H2,1-3H3. The Balaban J connectivity index is 3.09. The Morgan fingerprint density at radius 1 is 1.30 bits per heavy atom. The smallest absolute Gasteiger partial charge is 0.342 e. The SMILES string of the molecule is COCC(O)=C(C=Nc1ccccc1OC)C(=O)OC. The van der Waals surface area contributed by atoms with E-state index in [2.05, 4.69) is 9.73 Å². The van der Waals surface area contributed by atoms with Gasteiger partial charge in [-0.3, -0.25) is 4.99 Å². The van der Waals surface area contributed by atoms with Crippen LogP contribution in [-0.2, 0) is 14.3 Å². The number of rotatable bonds is 6. The molecule has 0 aliphatic rings. The molecule has 0 bridgehead atoms. The summed E-state index contributed by atoms with van der Waals surface area (Å²) < 4.78 is 14.5. The van der Waals surface area contributed by atoms with Crippen LogP contribution in [0.1, 0.15) is 0 Å². The molecule has 0 heterocycles. The Kier molecular flexibility index (Phi) is 6.25. The summed E-state index contributed by atoms with van der Waals surface area (Å²) in [5.74, 6) is -0.393. The molecular weight excluding hydrogens is 262 g/mol. The normalized spacial score (nSPS) is 12.2. The van der Waals surface area contributed by atoms with Gasteiger partial charge in [0.15, 0.2) is 0 Å². The zero-order chi connectivity index (χ0) is 15.0. The highest BCUT2D eigenvalue weighted by Crippen LogP contribution is 2.26. The lowest BCUT2D eigenvalue weighted by atomic mass is 10.2. The van der Waals surface area contributed by atoms with E-state index in [1.165, 1.54) is 27.5 Å². The predicted octanol–water partition coefficient (Wildman–Crippen LogP) is 2.03. The number of nitrogens with zero attached hydrogens (tertiary/aromatic N) is 1. The van der Waals surface area contributed by atoms with E-state index in [-0.39, 0.29) is 17.9 Å². The van der Waals surface area contributed by atoms with Crippen LogP contribution < -0.4 is 4.74 Å². The van der Waals surface area contributed by atoms with Crippen LogP contribution in [0, 0.1) is 0 Å². The molecule has 108 valence electrons. The van der Waals surface area contributed by atoms with Crippen LogP contribution in [0.15, 0.2) is 40.6 Å². The lowest BCUT2D eigenvalue weighted by molar-refractivity contribution is -0.135. The van der Waals surface area contributed by atoms with Gasteiger partial charge in [-0.2, -0.15) is 0 Å². The number of carbonyl (C=O) groups is 1. The minimum atomic E-state index is -0.696. The summed E-state index contributed by atoms with van der Waals surface area (Å²) >= 11 is 0. The number of ether oxygens (including phenoxy) is 3. The van der Waals surface area contributed by atoms with Gasteiger partial charge < -0.3 is 19.3 Å². The van der Waals surface area contributed by atoms with E-state index in [0.717, 1.165) is 0 Å². The van der Waals surface area contributed by atoms with Crippen molar-refractivity contribution >= 4 is 17.9 Å². The van der Waals surface area contributed by atoms with Crippen LogP contribution in [0.2, 0.25) is 0 Å². The number of hydrogen-bond acceptors (Lipinski definition) is 6. The lowest BCUT2D eigenvalue weighted by Gasteiger charge is -2.05. The third kappa shape index (κ3) is 4.10. The van der Waals surface area contributed by atoms with Crippen LogP contribution in [0.4, 0.5) is 5.69 Å². The molecule has 1 aromatic rings. The topological polar surface area (TPSA) is 77.4 Å². The van der Waals surface area contributed by atoms with Gasteiger partial charge in [0.05, 0.1) is 14.2 Å². The monoisotopic (exact) mass is 279 g/mol. The second-order valence-corrected chi connectivity index (χ2v) is 3.72. The van der Waals surface area contributed by atoms with Gasteiger partial charge in [0.1, 0.15) is 29.4 Å². The summed E-state index contributed by atoms with van der Waals surface area (Å²) in [6.45, 7) is -0.109. The quantitative estimate of drug-likeness (QED) is 0.373. The number of aliphatic imine (C=N–C) groups is 1. The summed E-state index contributed by atoms with van der Waals surface area (Å²) in [6, 6.07) is 7.05. The highest BCUT2D eigenvalue weighted by atomic mass is 16.5. The van der Waals surface area contributed by atoms with Crippen molar-refractivity contribution in [2.75, 3.05) is 27.9 Å². The van der Waals surface area contributed by atoms with Gasteiger partial charge in [-0.25, -0.2) is 4.79 Å². The number of hydrogen-bond donors (Lipinski definition) is 1. The van der Waals surface area contributed by atoms with E-state index >= 15 is 0 Å². The van der Waals surface area contributed by atoms with Crippen LogP contribution in [-0.4, -0.2) is 45.2 Å².